The molecule has 1 N–H and O–H groups in total. The zero-order valence-corrected chi connectivity index (χ0v) is 13.0. The molecule has 0 saturated carbocycles. The molecule has 2 rings (SSSR count). The molecule has 1 aliphatic heterocycles. The fraction of sp³-hybridized carbons (Fsp3) is 0.667. The Bertz CT molecular complexity index is 590. The van der Waals surface area contributed by atoms with Crippen LogP contribution in [0.3, 0.4) is 0 Å². The van der Waals surface area contributed by atoms with Crippen LogP contribution in [-0.4, -0.2) is 48.7 Å². The Morgan fingerprint density at radius 2 is 2.14 bits per heavy atom. The average Bonchev–Trinajstić information content (AvgIpc) is 2.85. The Labute approximate surface area is 124 Å². The Morgan fingerprint density at radius 3 is 2.76 bits per heavy atom. The zero-order valence-electron chi connectivity index (χ0n) is 12.2. The van der Waals surface area contributed by atoms with Crippen molar-refractivity contribution < 1.29 is 17.9 Å². The summed E-state index contributed by atoms with van der Waals surface area (Å²) in [5.41, 5.74) is 0.331. The largest absolute Gasteiger partial charge is 0.468 e. The van der Waals surface area contributed by atoms with Crippen molar-refractivity contribution in [3.05, 3.63) is 12.4 Å². The molecule has 8 nitrogen and oxygen atoms in total. The number of anilines is 1. The molecule has 0 atom stereocenters. The van der Waals surface area contributed by atoms with Crippen molar-refractivity contribution in [3.8, 4) is 0 Å². The Kier molecular flexibility index (Phi) is 4.84. The smallest absolute Gasteiger partial charge is 0.327 e. The van der Waals surface area contributed by atoms with Crippen molar-refractivity contribution in [1.82, 2.24) is 14.1 Å². The number of esters is 1. The molecule has 0 amide bonds. The molecule has 0 aliphatic carbocycles. The van der Waals surface area contributed by atoms with Gasteiger partial charge >= 0.3 is 16.2 Å². The first-order chi connectivity index (χ1) is 9.90. The third kappa shape index (κ3) is 4.18. The number of rotatable bonds is 5. The average molecular weight is 316 g/mol. The molecule has 118 valence electrons. The van der Waals surface area contributed by atoms with Crippen molar-refractivity contribution in [1.29, 1.82) is 0 Å². The van der Waals surface area contributed by atoms with E-state index in [4.69, 9.17) is 0 Å². The molecule has 1 aromatic rings. The van der Waals surface area contributed by atoms with Crippen LogP contribution >= 0.6 is 0 Å². The summed E-state index contributed by atoms with van der Waals surface area (Å²) in [4.78, 5) is 11.1. The lowest BCUT2D eigenvalue weighted by Gasteiger charge is -2.29. The van der Waals surface area contributed by atoms with Gasteiger partial charge in [0.15, 0.2) is 0 Å². The van der Waals surface area contributed by atoms with Gasteiger partial charge in [-0.2, -0.15) is 17.8 Å². The van der Waals surface area contributed by atoms with E-state index in [1.54, 1.807) is 0 Å². The minimum absolute atomic E-state index is 0.0561. The van der Waals surface area contributed by atoms with Gasteiger partial charge in [-0.25, -0.2) is 0 Å². The maximum Gasteiger partial charge on any atom is 0.327 e. The van der Waals surface area contributed by atoms with Gasteiger partial charge in [-0.3, -0.25) is 14.2 Å². The highest BCUT2D eigenvalue weighted by Gasteiger charge is 2.26. The molecule has 1 aromatic heterocycles. The molecule has 0 unspecified atom stereocenters. The highest BCUT2D eigenvalue weighted by atomic mass is 32.2. The first-order valence-corrected chi connectivity index (χ1v) is 8.22. The topological polar surface area (TPSA) is 93.5 Å². The van der Waals surface area contributed by atoms with Gasteiger partial charge in [0.25, 0.3) is 0 Å². The predicted molar refractivity (Wildman–Crippen MR) is 76.8 cm³/mol. The molecule has 1 saturated heterocycles. The van der Waals surface area contributed by atoms with Gasteiger partial charge in [0.05, 0.1) is 19.0 Å². The predicted octanol–water partition coefficient (Wildman–Crippen LogP) is 0.445. The minimum atomic E-state index is -3.57. The Hall–Kier alpha value is -1.61. The standard InChI is InChI=1S/C12H20N4O4S/c1-10-3-5-16(6-4-10)21(18,19)14-11-7-13-15(8-11)9-12(17)20-2/h7-8,10,14H,3-6,9H2,1-2H3. The van der Waals surface area contributed by atoms with Gasteiger partial charge in [0.1, 0.15) is 6.54 Å². The summed E-state index contributed by atoms with van der Waals surface area (Å²) in [5, 5.41) is 3.92. The van der Waals surface area contributed by atoms with Crippen LogP contribution in [0.2, 0.25) is 0 Å². The van der Waals surface area contributed by atoms with E-state index in [-0.39, 0.29) is 6.54 Å². The first-order valence-electron chi connectivity index (χ1n) is 6.78. The van der Waals surface area contributed by atoms with Crippen molar-refractivity contribution in [3.63, 3.8) is 0 Å². The summed E-state index contributed by atoms with van der Waals surface area (Å²) >= 11 is 0. The normalized spacial score (nSPS) is 17.6. The summed E-state index contributed by atoms with van der Waals surface area (Å²) in [6.07, 6.45) is 4.55. The molecule has 21 heavy (non-hydrogen) atoms. The fourth-order valence-electron chi connectivity index (χ4n) is 2.14. The van der Waals surface area contributed by atoms with Crippen LogP contribution in [0.1, 0.15) is 19.8 Å². The zero-order chi connectivity index (χ0) is 15.5. The fourth-order valence-corrected chi connectivity index (χ4v) is 3.36. The molecule has 2 heterocycles. The molecular formula is C12H20N4O4S. The van der Waals surface area contributed by atoms with Crippen LogP contribution in [-0.2, 0) is 26.3 Å². The van der Waals surface area contributed by atoms with Gasteiger partial charge in [-0.1, -0.05) is 6.92 Å². The maximum atomic E-state index is 12.2. The lowest BCUT2D eigenvalue weighted by molar-refractivity contribution is -0.141. The van der Waals surface area contributed by atoms with Crippen LogP contribution < -0.4 is 4.72 Å². The van der Waals surface area contributed by atoms with E-state index < -0.39 is 16.2 Å². The summed E-state index contributed by atoms with van der Waals surface area (Å²) < 4.78 is 34.2. The van der Waals surface area contributed by atoms with Crippen LogP contribution in [0.15, 0.2) is 12.4 Å². The second-order valence-electron chi connectivity index (χ2n) is 5.19. The third-order valence-corrected chi connectivity index (χ3v) is 5.02. The second kappa shape index (κ2) is 6.44. The number of nitrogens with zero attached hydrogens (tertiary/aromatic N) is 3. The molecule has 1 fully saturated rings. The molecule has 9 heteroatoms. The maximum absolute atomic E-state index is 12.2. The molecule has 0 aromatic carbocycles. The number of nitrogens with one attached hydrogen (secondary N) is 1. The highest BCUT2D eigenvalue weighted by molar-refractivity contribution is 7.90. The number of carbonyl (C=O) groups excluding carboxylic acids is 1. The van der Waals surface area contributed by atoms with E-state index in [9.17, 15) is 13.2 Å². The number of aromatic nitrogens is 2. The monoisotopic (exact) mass is 316 g/mol. The van der Waals surface area contributed by atoms with Crippen LogP contribution in [0, 0.1) is 5.92 Å². The van der Waals surface area contributed by atoms with Gasteiger partial charge < -0.3 is 4.74 Å². The van der Waals surface area contributed by atoms with Gasteiger partial charge in [0.2, 0.25) is 0 Å². The van der Waals surface area contributed by atoms with Gasteiger partial charge in [-0.15, -0.1) is 0 Å². The van der Waals surface area contributed by atoms with Gasteiger partial charge in [-0.05, 0) is 18.8 Å². The van der Waals surface area contributed by atoms with Crippen molar-refractivity contribution >= 4 is 21.9 Å². The summed E-state index contributed by atoms with van der Waals surface area (Å²) in [7, 11) is -2.28. The van der Waals surface area contributed by atoms with E-state index >= 15 is 0 Å². The molecular weight excluding hydrogens is 296 g/mol. The molecule has 0 radical (unpaired) electrons. The number of hydrogen-bond acceptors (Lipinski definition) is 5. The Morgan fingerprint density at radius 1 is 1.48 bits per heavy atom. The first kappa shape index (κ1) is 15.8. The molecule has 0 bridgehead atoms. The lowest BCUT2D eigenvalue weighted by atomic mass is 10.0. The van der Waals surface area contributed by atoms with Gasteiger partial charge in [0, 0.05) is 19.3 Å². The highest BCUT2D eigenvalue weighted by Crippen LogP contribution is 2.20. The SMILES string of the molecule is COC(=O)Cn1cc(NS(=O)(=O)N2CCC(C)CC2)cn1. The molecule has 0 spiro atoms. The van der Waals surface area contributed by atoms with Crippen LogP contribution in [0.25, 0.3) is 0 Å². The third-order valence-electron chi connectivity index (χ3n) is 3.48. The summed E-state index contributed by atoms with van der Waals surface area (Å²) in [5.74, 6) is 0.108. The van der Waals surface area contributed by atoms with E-state index in [1.165, 1.54) is 28.5 Å². The minimum Gasteiger partial charge on any atom is -0.468 e. The summed E-state index contributed by atoms with van der Waals surface area (Å²) in [6, 6.07) is 0. The quantitative estimate of drug-likeness (QED) is 0.796. The van der Waals surface area contributed by atoms with E-state index in [1.807, 2.05) is 0 Å². The van der Waals surface area contributed by atoms with E-state index in [0.717, 1.165) is 12.8 Å². The number of methoxy groups -OCH3 is 1. The second-order valence-corrected chi connectivity index (χ2v) is 6.86. The van der Waals surface area contributed by atoms with Crippen molar-refractivity contribution in [2.24, 2.45) is 5.92 Å². The molecule has 1 aliphatic rings. The number of hydrogen-bond donors (Lipinski definition) is 1. The number of carbonyl (C=O) groups is 1. The number of ether oxygens (including phenoxy) is 1. The number of piperidine rings is 1. The Balaban J connectivity index is 1.98. The summed E-state index contributed by atoms with van der Waals surface area (Å²) in [6.45, 7) is 3.10. The van der Waals surface area contributed by atoms with E-state index in [0.29, 0.717) is 24.7 Å². The van der Waals surface area contributed by atoms with Crippen molar-refractivity contribution in [2.45, 2.75) is 26.3 Å². The lowest BCUT2D eigenvalue weighted by Crippen LogP contribution is -2.41. The van der Waals surface area contributed by atoms with Crippen LogP contribution in [0.5, 0.6) is 0 Å². The van der Waals surface area contributed by atoms with Crippen LogP contribution in [0.4, 0.5) is 5.69 Å². The van der Waals surface area contributed by atoms with Crippen molar-refractivity contribution in [2.75, 3.05) is 24.9 Å². The van der Waals surface area contributed by atoms with E-state index in [2.05, 4.69) is 21.5 Å².